The van der Waals surface area contributed by atoms with Gasteiger partial charge in [0.25, 0.3) is 5.91 Å². The number of pyridine rings is 1. The molecule has 1 unspecified atom stereocenters. The van der Waals surface area contributed by atoms with Crippen molar-refractivity contribution in [1.82, 2.24) is 9.88 Å². The van der Waals surface area contributed by atoms with Crippen LogP contribution in [0.25, 0.3) is 6.08 Å². The lowest BCUT2D eigenvalue weighted by Gasteiger charge is -2.22. The maximum Gasteiger partial charge on any atom is 0.328 e. The molecule has 0 saturated carbocycles. The largest absolute Gasteiger partial charge is 0.478 e. The lowest BCUT2D eigenvalue weighted by atomic mass is 10.1. The van der Waals surface area contributed by atoms with Crippen LogP contribution in [0.2, 0.25) is 0 Å². The Kier molecular flexibility index (Phi) is 5.05. The molecule has 112 valence electrons. The fraction of sp³-hybridized carbons (Fsp3) is 0.400. The predicted octanol–water partition coefficient (Wildman–Crippen LogP) is 1.43. The third-order valence-electron chi connectivity index (χ3n) is 3.19. The van der Waals surface area contributed by atoms with E-state index in [1.54, 1.807) is 17.0 Å². The molecule has 2 heterocycles. The summed E-state index contributed by atoms with van der Waals surface area (Å²) in [5.74, 6) is -1.26. The molecule has 2 rings (SSSR count). The van der Waals surface area contributed by atoms with Gasteiger partial charge in [0, 0.05) is 37.5 Å². The van der Waals surface area contributed by atoms with Crippen molar-refractivity contribution < 1.29 is 19.4 Å². The number of carboxylic acids is 1. The van der Waals surface area contributed by atoms with Crippen LogP contribution in [0, 0.1) is 0 Å². The monoisotopic (exact) mass is 290 g/mol. The third kappa shape index (κ3) is 4.13. The zero-order valence-electron chi connectivity index (χ0n) is 11.9. The number of aromatic nitrogens is 1. The molecule has 0 aromatic carbocycles. The normalized spacial score (nSPS) is 19.5. The van der Waals surface area contributed by atoms with Gasteiger partial charge < -0.3 is 14.7 Å². The standard InChI is InChI=1S/C15H18N2O4/c1-11-10-17(8-3-9-21-11)15(20)14-12(4-2-7-16-14)5-6-13(18)19/h2,4-7,11H,3,8-10H2,1H3,(H,18,19)/b6-5+. The first-order valence-electron chi connectivity index (χ1n) is 6.85. The second-order valence-electron chi connectivity index (χ2n) is 4.90. The van der Waals surface area contributed by atoms with Crippen LogP contribution >= 0.6 is 0 Å². The van der Waals surface area contributed by atoms with Crippen LogP contribution in [0.15, 0.2) is 24.4 Å². The van der Waals surface area contributed by atoms with Crippen LogP contribution < -0.4 is 0 Å². The van der Waals surface area contributed by atoms with E-state index in [-0.39, 0.29) is 17.7 Å². The second-order valence-corrected chi connectivity index (χ2v) is 4.90. The highest BCUT2D eigenvalue weighted by Gasteiger charge is 2.23. The van der Waals surface area contributed by atoms with Crippen molar-refractivity contribution >= 4 is 18.0 Å². The molecule has 1 saturated heterocycles. The minimum absolute atomic E-state index is 0.0156. The number of rotatable bonds is 3. The summed E-state index contributed by atoms with van der Waals surface area (Å²) < 4.78 is 5.52. The van der Waals surface area contributed by atoms with Crippen molar-refractivity contribution in [2.45, 2.75) is 19.4 Å². The molecule has 1 fully saturated rings. The van der Waals surface area contributed by atoms with E-state index in [9.17, 15) is 9.59 Å². The van der Waals surface area contributed by atoms with Gasteiger partial charge in [0.2, 0.25) is 0 Å². The number of nitrogens with zero attached hydrogens (tertiary/aromatic N) is 2. The molecular weight excluding hydrogens is 272 g/mol. The molecule has 1 amide bonds. The van der Waals surface area contributed by atoms with Crippen LogP contribution in [0.1, 0.15) is 29.4 Å². The molecular formula is C15H18N2O4. The lowest BCUT2D eigenvalue weighted by Crippen LogP contribution is -2.36. The fourth-order valence-electron chi connectivity index (χ4n) is 2.22. The van der Waals surface area contributed by atoms with E-state index in [0.29, 0.717) is 25.3 Å². The van der Waals surface area contributed by atoms with Crippen molar-refractivity contribution in [3.05, 3.63) is 35.7 Å². The zero-order chi connectivity index (χ0) is 15.2. The quantitative estimate of drug-likeness (QED) is 0.852. The first kappa shape index (κ1) is 15.2. The first-order chi connectivity index (χ1) is 10.1. The number of amides is 1. The minimum Gasteiger partial charge on any atom is -0.478 e. The average Bonchev–Trinajstić information content (AvgIpc) is 2.69. The summed E-state index contributed by atoms with van der Waals surface area (Å²) in [4.78, 5) is 29.0. The Labute approximate surface area is 123 Å². The summed E-state index contributed by atoms with van der Waals surface area (Å²) >= 11 is 0. The Balaban J connectivity index is 2.24. The maximum absolute atomic E-state index is 12.6. The van der Waals surface area contributed by atoms with E-state index in [1.807, 2.05) is 6.92 Å². The second kappa shape index (κ2) is 6.99. The van der Waals surface area contributed by atoms with Gasteiger partial charge >= 0.3 is 5.97 Å². The molecule has 21 heavy (non-hydrogen) atoms. The molecule has 6 nitrogen and oxygen atoms in total. The number of ether oxygens (including phenoxy) is 1. The lowest BCUT2D eigenvalue weighted by molar-refractivity contribution is -0.131. The van der Waals surface area contributed by atoms with E-state index in [2.05, 4.69) is 4.98 Å². The summed E-state index contributed by atoms with van der Waals surface area (Å²) in [6.07, 6.45) is 4.69. The summed E-state index contributed by atoms with van der Waals surface area (Å²) in [6, 6.07) is 3.35. The molecule has 1 aliphatic rings. The van der Waals surface area contributed by atoms with Crippen molar-refractivity contribution in [1.29, 1.82) is 0 Å². The highest BCUT2D eigenvalue weighted by atomic mass is 16.5. The van der Waals surface area contributed by atoms with Crippen molar-refractivity contribution in [2.24, 2.45) is 0 Å². The third-order valence-corrected chi connectivity index (χ3v) is 3.19. The summed E-state index contributed by atoms with van der Waals surface area (Å²) in [5.41, 5.74) is 0.770. The average molecular weight is 290 g/mol. The van der Waals surface area contributed by atoms with Crippen LogP contribution in [0.3, 0.4) is 0 Å². The zero-order valence-corrected chi connectivity index (χ0v) is 11.9. The van der Waals surface area contributed by atoms with Gasteiger partial charge in [0.15, 0.2) is 0 Å². The van der Waals surface area contributed by atoms with Gasteiger partial charge in [0.05, 0.1) is 6.10 Å². The molecule has 1 atom stereocenters. The topological polar surface area (TPSA) is 79.7 Å². The Morgan fingerprint density at radius 2 is 2.33 bits per heavy atom. The number of carbonyl (C=O) groups is 2. The van der Waals surface area contributed by atoms with Crippen molar-refractivity contribution in [3.8, 4) is 0 Å². The van der Waals surface area contributed by atoms with Gasteiger partial charge in [-0.1, -0.05) is 6.07 Å². The summed E-state index contributed by atoms with van der Waals surface area (Å²) in [7, 11) is 0. The van der Waals surface area contributed by atoms with E-state index >= 15 is 0 Å². The Morgan fingerprint density at radius 1 is 1.52 bits per heavy atom. The Hall–Kier alpha value is -2.21. The molecule has 1 aromatic rings. The van der Waals surface area contributed by atoms with Gasteiger partial charge in [-0.3, -0.25) is 9.78 Å². The molecule has 0 bridgehead atoms. The minimum atomic E-state index is -1.06. The van der Waals surface area contributed by atoms with E-state index in [1.165, 1.54) is 12.3 Å². The van der Waals surface area contributed by atoms with Gasteiger partial charge in [-0.25, -0.2) is 4.79 Å². The molecule has 6 heteroatoms. The number of hydrogen-bond acceptors (Lipinski definition) is 4. The molecule has 1 aliphatic heterocycles. The number of carboxylic acid groups (broad SMARTS) is 1. The predicted molar refractivity (Wildman–Crippen MR) is 76.8 cm³/mol. The number of carbonyl (C=O) groups excluding carboxylic acids is 1. The van der Waals surface area contributed by atoms with Crippen LogP contribution in [-0.4, -0.2) is 52.7 Å². The van der Waals surface area contributed by atoms with Gasteiger partial charge in [-0.2, -0.15) is 0 Å². The highest BCUT2D eigenvalue weighted by molar-refractivity contribution is 5.97. The smallest absolute Gasteiger partial charge is 0.328 e. The van der Waals surface area contributed by atoms with Crippen LogP contribution in [0.5, 0.6) is 0 Å². The van der Waals surface area contributed by atoms with E-state index < -0.39 is 5.97 Å². The Bertz CT molecular complexity index is 556. The molecule has 0 aliphatic carbocycles. The molecule has 1 aromatic heterocycles. The van der Waals surface area contributed by atoms with Crippen LogP contribution in [0.4, 0.5) is 0 Å². The van der Waals surface area contributed by atoms with Crippen LogP contribution in [-0.2, 0) is 9.53 Å². The van der Waals surface area contributed by atoms with Crippen molar-refractivity contribution in [2.75, 3.05) is 19.7 Å². The maximum atomic E-state index is 12.6. The first-order valence-corrected chi connectivity index (χ1v) is 6.85. The summed E-state index contributed by atoms with van der Waals surface area (Å²) in [5, 5.41) is 8.71. The molecule has 0 spiro atoms. The fourth-order valence-corrected chi connectivity index (χ4v) is 2.22. The van der Waals surface area contributed by atoms with E-state index in [4.69, 9.17) is 9.84 Å². The molecule has 0 radical (unpaired) electrons. The number of hydrogen-bond donors (Lipinski definition) is 1. The van der Waals surface area contributed by atoms with Crippen molar-refractivity contribution in [3.63, 3.8) is 0 Å². The van der Waals surface area contributed by atoms with Gasteiger partial charge in [0.1, 0.15) is 5.69 Å². The summed E-state index contributed by atoms with van der Waals surface area (Å²) in [6.45, 7) is 3.69. The number of aliphatic carboxylic acids is 1. The SMILES string of the molecule is CC1CN(C(=O)c2ncccc2/C=C/C(=O)O)CCCO1. The van der Waals surface area contributed by atoms with Gasteiger partial charge in [-0.05, 0) is 25.5 Å². The van der Waals surface area contributed by atoms with E-state index in [0.717, 1.165) is 12.5 Å². The highest BCUT2D eigenvalue weighted by Crippen LogP contribution is 2.14. The Morgan fingerprint density at radius 3 is 3.10 bits per heavy atom. The van der Waals surface area contributed by atoms with Gasteiger partial charge in [-0.15, -0.1) is 0 Å². The molecule has 1 N–H and O–H groups in total.